The van der Waals surface area contributed by atoms with Crippen LogP contribution in [0.5, 0.6) is 5.75 Å². The van der Waals surface area contributed by atoms with Gasteiger partial charge in [0.05, 0.1) is 11.1 Å². The summed E-state index contributed by atoms with van der Waals surface area (Å²) in [5, 5.41) is 13.1. The second kappa shape index (κ2) is 3.22. The summed E-state index contributed by atoms with van der Waals surface area (Å²) in [4.78, 5) is 11.7. The summed E-state index contributed by atoms with van der Waals surface area (Å²) in [6.07, 6.45) is 1.72. The minimum atomic E-state index is -0.643. The van der Waals surface area contributed by atoms with Crippen LogP contribution in [0.25, 0.3) is 0 Å². The van der Waals surface area contributed by atoms with Crippen LogP contribution in [0.2, 0.25) is 0 Å². The highest BCUT2D eigenvalue weighted by atomic mass is 16.6. The number of fused-ring (bicyclic) bond motifs is 2. The Morgan fingerprint density at radius 1 is 1.44 bits per heavy atom. The predicted octanol–water partition coefficient (Wildman–Crippen LogP) is 1.14. The molecule has 0 amide bonds. The number of ether oxygens (including phenoxy) is 1. The zero-order valence-corrected chi connectivity index (χ0v) is 8.82. The fourth-order valence-corrected chi connectivity index (χ4v) is 2.65. The van der Waals surface area contributed by atoms with Gasteiger partial charge < -0.3 is 15.2 Å². The van der Waals surface area contributed by atoms with Crippen molar-refractivity contribution in [1.29, 1.82) is 0 Å². The number of carbonyl (C=O) groups is 1. The monoisotopic (exact) mass is 219 g/mol. The number of aromatic hydroxyl groups is 1. The van der Waals surface area contributed by atoms with Crippen molar-refractivity contribution in [2.45, 2.75) is 18.4 Å². The van der Waals surface area contributed by atoms with E-state index in [1.807, 2.05) is 0 Å². The lowest BCUT2D eigenvalue weighted by Crippen LogP contribution is -2.43. The van der Waals surface area contributed by atoms with Crippen molar-refractivity contribution in [3.63, 3.8) is 0 Å². The summed E-state index contributed by atoms with van der Waals surface area (Å²) in [6, 6.07) is 4.99. The van der Waals surface area contributed by atoms with Crippen LogP contribution in [0.1, 0.15) is 28.8 Å². The quantitative estimate of drug-likeness (QED) is 0.642. The van der Waals surface area contributed by atoms with Crippen LogP contribution >= 0.6 is 0 Å². The molecule has 3 rings (SSSR count). The van der Waals surface area contributed by atoms with Crippen LogP contribution in [0.4, 0.5) is 0 Å². The molecule has 2 aliphatic rings. The van der Waals surface area contributed by atoms with Gasteiger partial charge in [-0.3, -0.25) is 0 Å². The van der Waals surface area contributed by atoms with Crippen molar-refractivity contribution in [2.24, 2.45) is 0 Å². The standard InChI is InChI=1S/C12H13NO3/c14-9-4-1-3-8-10(9)12(16-11(8)15)5-2-6-13-7-12/h1,3-4,13-14H,2,5-7H2. The zero-order chi connectivity index (χ0) is 11.2. The number of phenols is 1. The first-order valence-electron chi connectivity index (χ1n) is 5.49. The highest BCUT2D eigenvalue weighted by molar-refractivity contribution is 5.95. The van der Waals surface area contributed by atoms with Gasteiger partial charge in [0, 0.05) is 6.54 Å². The molecule has 4 nitrogen and oxygen atoms in total. The third-order valence-corrected chi connectivity index (χ3v) is 3.35. The molecule has 1 aromatic carbocycles. The first kappa shape index (κ1) is 9.66. The van der Waals surface area contributed by atoms with E-state index in [0.717, 1.165) is 19.4 Å². The number of carbonyl (C=O) groups excluding carboxylic acids is 1. The molecular weight excluding hydrogens is 206 g/mol. The maximum absolute atomic E-state index is 11.7. The summed E-state index contributed by atoms with van der Waals surface area (Å²) in [5.41, 5.74) is 0.520. The van der Waals surface area contributed by atoms with E-state index < -0.39 is 5.60 Å². The SMILES string of the molecule is O=C1OC2(CCCNC2)c2c(O)cccc21. The average molecular weight is 219 g/mol. The van der Waals surface area contributed by atoms with Gasteiger partial charge in [-0.1, -0.05) is 6.07 Å². The number of hydrogen-bond acceptors (Lipinski definition) is 4. The number of phenolic OH excluding ortho intramolecular Hbond substituents is 1. The average Bonchev–Trinajstić information content (AvgIpc) is 2.55. The number of hydrogen-bond donors (Lipinski definition) is 2. The van der Waals surface area contributed by atoms with Gasteiger partial charge in [0.1, 0.15) is 5.75 Å². The number of esters is 1. The number of nitrogens with one attached hydrogen (secondary N) is 1. The second-order valence-corrected chi connectivity index (χ2v) is 4.36. The lowest BCUT2D eigenvalue weighted by molar-refractivity contribution is -0.0211. The molecule has 0 aliphatic carbocycles. The third-order valence-electron chi connectivity index (χ3n) is 3.35. The molecule has 2 N–H and O–H groups in total. The Balaban J connectivity index is 2.16. The highest BCUT2D eigenvalue weighted by Crippen LogP contribution is 2.45. The molecule has 0 bridgehead atoms. The summed E-state index contributed by atoms with van der Waals surface area (Å²) in [6.45, 7) is 1.52. The van der Waals surface area contributed by atoms with Crippen molar-refractivity contribution in [3.8, 4) is 5.75 Å². The number of rotatable bonds is 0. The van der Waals surface area contributed by atoms with Gasteiger partial charge in [0.15, 0.2) is 5.60 Å². The Morgan fingerprint density at radius 2 is 2.31 bits per heavy atom. The molecule has 0 saturated carbocycles. The van der Waals surface area contributed by atoms with E-state index >= 15 is 0 Å². The maximum atomic E-state index is 11.7. The normalized spacial score (nSPS) is 27.9. The minimum absolute atomic E-state index is 0.159. The Hall–Kier alpha value is -1.55. The van der Waals surface area contributed by atoms with Crippen LogP contribution < -0.4 is 5.32 Å². The van der Waals surface area contributed by atoms with Crippen molar-refractivity contribution in [2.75, 3.05) is 13.1 Å². The Labute approximate surface area is 93.2 Å². The van der Waals surface area contributed by atoms with Gasteiger partial charge in [-0.25, -0.2) is 4.79 Å². The van der Waals surface area contributed by atoms with Gasteiger partial charge in [0.2, 0.25) is 0 Å². The molecule has 1 unspecified atom stereocenters. The van der Waals surface area contributed by atoms with Crippen molar-refractivity contribution < 1.29 is 14.6 Å². The van der Waals surface area contributed by atoms with Crippen LogP contribution in [-0.2, 0) is 10.3 Å². The number of benzene rings is 1. The molecule has 1 aromatic rings. The lowest BCUT2D eigenvalue weighted by atomic mass is 9.85. The summed E-state index contributed by atoms with van der Waals surface area (Å²) in [5.74, 6) is -0.165. The molecule has 2 heterocycles. The Bertz CT molecular complexity index is 450. The van der Waals surface area contributed by atoms with Gasteiger partial charge in [-0.2, -0.15) is 0 Å². The van der Waals surface area contributed by atoms with Gasteiger partial charge >= 0.3 is 5.97 Å². The minimum Gasteiger partial charge on any atom is -0.507 e. The highest BCUT2D eigenvalue weighted by Gasteiger charge is 2.47. The van der Waals surface area contributed by atoms with Crippen molar-refractivity contribution >= 4 is 5.97 Å². The lowest BCUT2D eigenvalue weighted by Gasteiger charge is -2.33. The fraction of sp³-hybridized carbons (Fsp3) is 0.417. The summed E-state index contributed by atoms with van der Waals surface area (Å²) < 4.78 is 5.48. The molecule has 2 aliphatic heterocycles. The van der Waals surface area contributed by atoms with Crippen LogP contribution in [-0.4, -0.2) is 24.2 Å². The van der Waals surface area contributed by atoms with Crippen LogP contribution in [0.15, 0.2) is 18.2 Å². The Morgan fingerprint density at radius 3 is 3.06 bits per heavy atom. The van der Waals surface area contributed by atoms with E-state index in [2.05, 4.69) is 5.32 Å². The summed E-state index contributed by atoms with van der Waals surface area (Å²) in [7, 11) is 0. The molecule has 84 valence electrons. The molecule has 1 spiro atoms. The van der Waals surface area contributed by atoms with Crippen molar-refractivity contribution in [1.82, 2.24) is 5.32 Å². The second-order valence-electron chi connectivity index (χ2n) is 4.36. The molecule has 1 atom stereocenters. The third kappa shape index (κ3) is 1.16. The molecular formula is C12H13NO3. The number of piperidine rings is 1. The van der Waals surface area contributed by atoms with Gasteiger partial charge in [-0.15, -0.1) is 0 Å². The van der Waals surface area contributed by atoms with E-state index in [4.69, 9.17) is 4.74 Å². The van der Waals surface area contributed by atoms with Crippen LogP contribution in [0, 0.1) is 0 Å². The summed E-state index contributed by atoms with van der Waals surface area (Å²) >= 11 is 0. The molecule has 16 heavy (non-hydrogen) atoms. The molecule has 1 saturated heterocycles. The van der Waals surface area contributed by atoms with Crippen LogP contribution in [0.3, 0.4) is 0 Å². The predicted molar refractivity (Wildman–Crippen MR) is 57.3 cm³/mol. The van der Waals surface area contributed by atoms with Gasteiger partial charge in [-0.05, 0) is 31.5 Å². The van der Waals surface area contributed by atoms with E-state index in [9.17, 15) is 9.90 Å². The Kier molecular flexibility index (Phi) is 1.94. The maximum Gasteiger partial charge on any atom is 0.339 e. The van der Waals surface area contributed by atoms with E-state index in [-0.39, 0.29) is 11.7 Å². The molecule has 1 fully saturated rings. The zero-order valence-electron chi connectivity index (χ0n) is 8.82. The first-order chi connectivity index (χ1) is 7.73. The van der Waals surface area contributed by atoms with Gasteiger partial charge in [0.25, 0.3) is 0 Å². The van der Waals surface area contributed by atoms with E-state index in [1.54, 1.807) is 18.2 Å². The van der Waals surface area contributed by atoms with E-state index in [0.29, 0.717) is 17.7 Å². The smallest absolute Gasteiger partial charge is 0.339 e. The van der Waals surface area contributed by atoms with Crippen molar-refractivity contribution in [3.05, 3.63) is 29.3 Å². The molecule has 0 aromatic heterocycles. The first-order valence-corrected chi connectivity index (χ1v) is 5.49. The van der Waals surface area contributed by atoms with E-state index in [1.165, 1.54) is 0 Å². The molecule has 4 heteroatoms. The molecule has 0 radical (unpaired) electrons. The topological polar surface area (TPSA) is 58.6 Å². The largest absolute Gasteiger partial charge is 0.507 e. The fourth-order valence-electron chi connectivity index (χ4n) is 2.65.